The number of hydrogen-bond donors (Lipinski definition) is 2. The van der Waals surface area contributed by atoms with Gasteiger partial charge in [-0.15, -0.1) is 0 Å². The highest BCUT2D eigenvalue weighted by Gasteiger charge is 2.41. The third kappa shape index (κ3) is 6.68. The van der Waals surface area contributed by atoms with Gasteiger partial charge in [-0.25, -0.2) is 19.9 Å². The fourth-order valence-electron chi connectivity index (χ4n) is 6.10. The number of hydrazone groups is 1. The first-order chi connectivity index (χ1) is 23.6. The van der Waals surface area contributed by atoms with Crippen LogP contribution in [0.2, 0.25) is 0 Å². The van der Waals surface area contributed by atoms with E-state index in [0.717, 1.165) is 22.5 Å². The SMILES string of the molecule is CCN1C(=O)CN(CCOCCN(C(=O)C2(C)CC(C)=NN2)c2ccc(C#N)c(C)c2)c2ncc(-c3ccc(-c4ncn[nH]4)nc3C)nc21. The smallest absolute Gasteiger partial charge is 0.254 e. The number of carbonyl (C=O) groups is 2. The summed E-state index contributed by atoms with van der Waals surface area (Å²) in [6.07, 6.45) is 3.62. The number of ether oxygens (including phenoxy) is 1. The number of aromatic nitrogens is 6. The van der Waals surface area contributed by atoms with E-state index in [1.807, 2.05) is 57.7 Å². The predicted octanol–water partition coefficient (Wildman–Crippen LogP) is 3.16. The molecule has 0 radical (unpaired) electrons. The van der Waals surface area contributed by atoms with Crippen molar-refractivity contribution in [3.05, 3.63) is 59.7 Å². The Balaban J connectivity index is 1.15. The number of nitriles is 1. The number of nitrogens with zero attached hydrogens (tertiary/aromatic N) is 10. The van der Waals surface area contributed by atoms with E-state index >= 15 is 0 Å². The second-order valence-electron chi connectivity index (χ2n) is 12.3. The van der Waals surface area contributed by atoms with Crippen LogP contribution in [0.1, 0.15) is 44.0 Å². The molecule has 1 aromatic carbocycles. The maximum Gasteiger partial charge on any atom is 0.254 e. The first kappa shape index (κ1) is 33.2. The maximum atomic E-state index is 13.8. The topological polar surface area (TPSA) is 182 Å². The van der Waals surface area contributed by atoms with Gasteiger partial charge in [0.15, 0.2) is 17.5 Å². The van der Waals surface area contributed by atoms with Crippen molar-refractivity contribution in [2.24, 2.45) is 5.10 Å². The zero-order valence-corrected chi connectivity index (χ0v) is 28.2. The number of likely N-dealkylation sites (N-methyl/N-ethyl adjacent to an activating group) is 1. The number of aromatic amines is 1. The molecule has 2 amide bonds. The lowest BCUT2D eigenvalue weighted by molar-refractivity contribution is -0.124. The molecule has 1 unspecified atom stereocenters. The summed E-state index contributed by atoms with van der Waals surface area (Å²) in [5.41, 5.74) is 7.77. The number of hydrogen-bond acceptors (Lipinski definition) is 12. The van der Waals surface area contributed by atoms with Gasteiger partial charge in [-0.1, -0.05) is 0 Å². The molecule has 0 bridgehead atoms. The number of fused-ring (bicyclic) bond motifs is 1. The molecule has 252 valence electrons. The van der Waals surface area contributed by atoms with Crippen molar-refractivity contribution in [1.82, 2.24) is 35.6 Å². The van der Waals surface area contributed by atoms with Crippen LogP contribution >= 0.6 is 0 Å². The third-order valence-corrected chi connectivity index (χ3v) is 8.68. The summed E-state index contributed by atoms with van der Waals surface area (Å²) >= 11 is 0. The van der Waals surface area contributed by atoms with Gasteiger partial charge >= 0.3 is 0 Å². The number of rotatable bonds is 11. The predicted molar refractivity (Wildman–Crippen MR) is 184 cm³/mol. The van der Waals surface area contributed by atoms with Gasteiger partial charge in [0.1, 0.15) is 17.6 Å². The van der Waals surface area contributed by atoms with Crippen molar-refractivity contribution in [3.63, 3.8) is 0 Å². The molecule has 3 aromatic heterocycles. The van der Waals surface area contributed by atoms with E-state index in [0.29, 0.717) is 66.2 Å². The summed E-state index contributed by atoms with van der Waals surface area (Å²) in [5, 5.41) is 20.4. The molecule has 2 aliphatic rings. The molecule has 0 fully saturated rings. The summed E-state index contributed by atoms with van der Waals surface area (Å²) in [6, 6.07) is 11.3. The minimum atomic E-state index is -0.889. The molecule has 6 rings (SSSR count). The Labute approximate surface area is 284 Å². The Morgan fingerprint density at radius 2 is 1.94 bits per heavy atom. The second kappa shape index (κ2) is 13.8. The molecule has 2 aliphatic heterocycles. The van der Waals surface area contributed by atoms with Crippen LogP contribution in [0.4, 0.5) is 17.3 Å². The Morgan fingerprint density at radius 1 is 1.10 bits per heavy atom. The van der Waals surface area contributed by atoms with Crippen molar-refractivity contribution in [2.45, 2.75) is 46.6 Å². The van der Waals surface area contributed by atoms with E-state index in [1.54, 1.807) is 28.1 Å². The van der Waals surface area contributed by atoms with E-state index in [1.165, 1.54) is 6.33 Å². The Hall–Kier alpha value is -5.75. The van der Waals surface area contributed by atoms with Crippen LogP contribution in [0.5, 0.6) is 0 Å². The summed E-state index contributed by atoms with van der Waals surface area (Å²) in [5.74, 6) is 1.43. The van der Waals surface area contributed by atoms with Gasteiger partial charge in [-0.3, -0.25) is 25.0 Å². The largest absolute Gasteiger partial charge is 0.378 e. The highest BCUT2D eigenvalue weighted by atomic mass is 16.5. The van der Waals surface area contributed by atoms with Crippen molar-refractivity contribution >= 4 is 34.8 Å². The van der Waals surface area contributed by atoms with Gasteiger partial charge in [0.25, 0.3) is 5.91 Å². The molecule has 15 nitrogen and oxygen atoms in total. The van der Waals surface area contributed by atoms with Crippen molar-refractivity contribution in [1.29, 1.82) is 5.26 Å². The lowest BCUT2D eigenvalue weighted by Crippen LogP contribution is -2.53. The fourth-order valence-corrected chi connectivity index (χ4v) is 6.10. The van der Waals surface area contributed by atoms with E-state index < -0.39 is 5.54 Å². The monoisotopic (exact) mass is 662 g/mol. The van der Waals surface area contributed by atoms with Gasteiger partial charge in [0.2, 0.25) is 5.91 Å². The highest BCUT2D eigenvalue weighted by Crippen LogP contribution is 2.33. The third-order valence-electron chi connectivity index (χ3n) is 8.68. The molecule has 15 heteroatoms. The lowest BCUT2D eigenvalue weighted by atomic mass is 9.95. The fraction of sp³-hybridized carbons (Fsp3) is 0.382. The number of pyridine rings is 1. The van der Waals surface area contributed by atoms with E-state index in [-0.39, 0.29) is 31.5 Å². The summed E-state index contributed by atoms with van der Waals surface area (Å²) in [7, 11) is 0. The van der Waals surface area contributed by atoms with Crippen LogP contribution in [0, 0.1) is 25.2 Å². The Morgan fingerprint density at radius 3 is 2.61 bits per heavy atom. The standard InChI is InChI=1S/C34H38N12O3/c1-6-45-29(47)19-44(31-32(45)40-28(18-36-31)26-9-10-27(39-23(26)4)30-37-20-38-42-30)11-13-49-14-12-46(25-8-7-24(17-35)21(2)15-25)33(48)34(5)16-22(3)41-43-34/h7-10,15,18,20,43H,6,11-14,16,19H2,1-5H3,(H,37,38,42). The molecule has 4 aromatic rings. The van der Waals surface area contributed by atoms with Crippen LogP contribution in [-0.4, -0.2) is 92.6 Å². The van der Waals surface area contributed by atoms with E-state index in [9.17, 15) is 14.9 Å². The molecule has 2 N–H and O–H groups in total. The minimum absolute atomic E-state index is 0.0836. The average molecular weight is 663 g/mol. The van der Waals surface area contributed by atoms with Crippen molar-refractivity contribution < 1.29 is 14.3 Å². The van der Waals surface area contributed by atoms with Crippen LogP contribution in [0.3, 0.4) is 0 Å². The van der Waals surface area contributed by atoms with Crippen molar-refractivity contribution in [3.8, 4) is 28.8 Å². The van der Waals surface area contributed by atoms with Crippen LogP contribution < -0.4 is 20.1 Å². The van der Waals surface area contributed by atoms with Gasteiger partial charge < -0.3 is 14.5 Å². The van der Waals surface area contributed by atoms with Crippen molar-refractivity contribution in [2.75, 3.05) is 54.1 Å². The van der Waals surface area contributed by atoms with Crippen LogP contribution in [0.25, 0.3) is 22.8 Å². The molecule has 49 heavy (non-hydrogen) atoms. The second-order valence-corrected chi connectivity index (χ2v) is 12.3. The number of aryl methyl sites for hydroxylation is 2. The first-order valence-electron chi connectivity index (χ1n) is 16.1. The zero-order valence-electron chi connectivity index (χ0n) is 28.2. The molecular formula is C34H38N12O3. The highest BCUT2D eigenvalue weighted by molar-refractivity contribution is 6.04. The number of H-pyrrole nitrogens is 1. The van der Waals surface area contributed by atoms with Gasteiger partial charge in [0.05, 0.1) is 43.3 Å². The van der Waals surface area contributed by atoms with Gasteiger partial charge in [-0.2, -0.15) is 15.5 Å². The maximum absolute atomic E-state index is 13.8. The minimum Gasteiger partial charge on any atom is -0.378 e. The number of anilines is 3. The number of amides is 2. The Kier molecular flexibility index (Phi) is 9.32. The molecule has 0 saturated carbocycles. The molecule has 1 atom stereocenters. The van der Waals surface area contributed by atoms with Gasteiger partial charge in [0, 0.05) is 48.7 Å². The van der Waals surface area contributed by atoms with Gasteiger partial charge in [-0.05, 0) is 70.5 Å². The number of carbonyl (C=O) groups excluding carboxylic acids is 2. The number of benzene rings is 1. The first-order valence-corrected chi connectivity index (χ1v) is 16.1. The molecule has 0 spiro atoms. The number of nitrogens with one attached hydrogen (secondary N) is 2. The molecule has 5 heterocycles. The normalized spacial score (nSPS) is 17.0. The summed E-state index contributed by atoms with van der Waals surface area (Å²) in [6.45, 7) is 11.2. The zero-order chi connectivity index (χ0) is 34.7. The molecular weight excluding hydrogens is 624 g/mol. The molecule has 0 aliphatic carbocycles. The average Bonchev–Trinajstić information content (AvgIpc) is 3.76. The Bertz CT molecular complexity index is 1950. The lowest BCUT2D eigenvalue weighted by Gasteiger charge is -2.35. The quantitative estimate of drug-likeness (QED) is 0.225. The summed E-state index contributed by atoms with van der Waals surface area (Å²) < 4.78 is 6.05. The molecule has 0 saturated heterocycles. The van der Waals surface area contributed by atoms with Crippen LogP contribution in [-0.2, 0) is 14.3 Å². The van der Waals surface area contributed by atoms with E-state index in [4.69, 9.17) is 14.7 Å². The van der Waals surface area contributed by atoms with Crippen LogP contribution in [0.15, 0.2) is 48.0 Å². The summed E-state index contributed by atoms with van der Waals surface area (Å²) in [4.78, 5) is 50.7. The van der Waals surface area contributed by atoms with E-state index in [2.05, 4.69) is 36.8 Å².